The van der Waals surface area contributed by atoms with E-state index in [0.717, 1.165) is 22.5 Å². The second-order valence-corrected chi connectivity index (χ2v) is 10.7. The fourth-order valence-corrected chi connectivity index (χ4v) is 5.08. The number of thioether (sulfide) groups is 1. The van der Waals surface area contributed by atoms with Crippen molar-refractivity contribution in [2.24, 2.45) is 26.8 Å². The van der Waals surface area contributed by atoms with Crippen LogP contribution >= 0.6 is 23.1 Å². The average Bonchev–Trinajstić information content (AvgIpc) is 3.23. The fourth-order valence-electron chi connectivity index (χ4n) is 3.24. The van der Waals surface area contributed by atoms with Crippen molar-refractivity contribution in [3.63, 3.8) is 0 Å². The number of aromatic nitrogens is 1. The van der Waals surface area contributed by atoms with Gasteiger partial charge in [0.05, 0.1) is 6.21 Å². The van der Waals surface area contributed by atoms with Crippen LogP contribution in [0.4, 0.5) is 5.13 Å². The minimum absolute atomic E-state index is 0.0541. The Balaban J connectivity index is 1.77. The first-order valence-corrected chi connectivity index (χ1v) is 12.7. The van der Waals surface area contributed by atoms with E-state index in [1.54, 1.807) is 20.8 Å². The van der Waals surface area contributed by atoms with Crippen LogP contribution < -0.4 is 22.5 Å². The molecule has 38 heavy (non-hydrogen) atoms. The molecule has 0 bridgehead atoms. The van der Waals surface area contributed by atoms with E-state index in [1.807, 2.05) is 0 Å². The monoisotopic (exact) mass is 567 g/mol. The van der Waals surface area contributed by atoms with Crippen molar-refractivity contribution in [2.45, 2.75) is 37.8 Å². The summed E-state index contributed by atoms with van der Waals surface area (Å²) in [5.41, 5.74) is 14.9. The molecule has 0 spiro atoms. The molecular formula is C20H25N9O7S2. The predicted octanol–water partition coefficient (Wildman–Crippen LogP) is -1.21. The molecule has 3 heterocycles. The number of anilines is 1. The molecule has 1 aromatic heterocycles. The van der Waals surface area contributed by atoms with E-state index < -0.39 is 47.4 Å². The van der Waals surface area contributed by atoms with E-state index in [9.17, 15) is 24.3 Å². The molecular weight excluding hydrogens is 542 g/mol. The molecule has 0 radical (unpaired) electrons. The number of rotatable bonds is 9. The molecule has 2 aliphatic heterocycles. The summed E-state index contributed by atoms with van der Waals surface area (Å²) in [6.45, 7) is 4.45. The van der Waals surface area contributed by atoms with Gasteiger partial charge in [-0.2, -0.15) is 5.10 Å². The van der Waals surface area contributed by atoms with Gasteiger partial charge in [0.25, 0.3) is 11.8 Å². The maximum absolute atomic E-state index is 13.1. The lowest BCUT2D eigenvalue weighted by atomic mass is 10.0. The molecule has 1 unspecified atom stereocenters. The van der Waals surface area contributed by atoms with E-state index in [1.165, 1.54) is 17.1 Å². The van der Waals surface area contributed by atoms with E-state index in [4.69, 9.17) is 26.8 Å². The molecule has 16 nitrogen and oxygen atoms in total. The maximum Gasteiger partial charge on any atom is 0.353 e. The van der Waals surface area contributed by atoms with Crippen LogP contribution in [0, 0.1) is 0 Å². The van der Waals surface area contributed by atoms with Gasteiger partial charge in [0.1, 0.15) is 28.4 Å². The van der Waals surface area contributed by atoms with Crippen LogP contribution in [0.1, 0.15) is 26.5 Å². The lowest BCUT2D eigenvalue weighted by molar-refractivity contribution is -0.160. The second-order valence-electron chi connectivity index (χ2n) is 8.68. The van der Waals surface area contributed by atoms with E-state index in [2.05, 4.69) is 25.7 Å². The van der Waals surface area contributed by atoms with Gasteiger partial charge in [0.2, 0.25) is 12.6 Å². The van der Waals surface area contributed by atoms with Gasteiger partial charge in [-0.15, -0.1) is 28.2 Å². The van der Waals surface area contributed by atoms with Crippen LogP contribution in [0.3, 0.4) is 0 Å². The van der Waals surface area contributed by atoms with Gasteiger partial charge in [0.15, 0.2) is 10.8 Å². The SMILES string of the molecule is CC(C)(C)OC(=O)CO/N=C(\C(=O)NC1C(=O)N2C(C(=O)O)=C(C=NN=C(N)N)CS[C@H]12)c1csc(N)n1. The number of ether oxygens (including phenoxy) is 1. The molecule has 0 aliphatic carbocycles. The van der Waals surface area contributed by atoms with E-state index in [-0.39, 0.29) is 39.5 Å². The summed E-state index contributed by atoms with van der Waals surface area (Å²) in [5, 5.41) is 23.9. The number of hydrogen-bond donors (Lipinski definition) is 5. The largest absolute Gasteiger partial charge is 0.477 e. The molecule has 2 aliphatic rings. The number of carboxylic acids is 1. The van der Waals surface area contributed by atoms with Gasteiger partial charge in [-0.05, 0) is 20.8 Å². The summed E-state index contributed by atoms with van der Waals surface area (Å²) in [6, 6.07) is -1.08. The zero-order valence-corrected chi connectivity index (χ0v) is 22.0. The maximum atomic E-state index is 13.1. The summed E-state index contributed by atoms with van der Waals surface area (Å²) in [5.74, 6) is -3.78. The highest BCUT2D eigenvalue weighted by atomic mass is 32.2. The number of carbonyl (C=O) groups excluding carboxylic acids is 3. The van der Waals surface area contributed by atoms with Gasteiger partial charge in [-0.3, -0.25) is 14.5 Å². The molecule has 8 N–H and O–H groups in total. The zero-order chi connectivity index (χ0) is 28.2. The molecule has 204 valence electrons. The summed E-state index contributed by atoms with van der Waals surface area (Å²) < 4.78 is 5.13. The predicted molar refractivity (Wildman–Crippen MR) is 139 cm³/mol. The normalized spacial score (nSPS) is 19.5. The Bertz CT molecular complexity index is 1260. The fraction of sp³-hybridized carbons (Fsp3) is 0.400. The van der Waals surface area contributed by atoms with E-state index >= 15 is 0 Å². The zero-order valence-electron chi connectivity index (χ0n) is 20.4. The average molecular weight is 568 g/mol. The van der Waals surface area contributed by atoms with Gasteiger partial charge < -0.3 is 37.2 Å². The highest BCUT2D eigenvalue weighted by Gasteiger charge is 2.54. The molecule has 0 aromatic carbocycles. The van der Waals surface area contributed by atoms with Crippen molar-refractivity contribution in [3.05, 3.63) is 22.3 Å². The summed E-state index contributed by atoms with van der Waals surface area (Å²) >= 11 is 2.23. The number of nitrogen functional groups attached to an aromatic ring is 1. The Morgan fingerprint density at radius 2 is 2.05 bits per heavy atom. The number of esters is 1. The van der Waals surface area contributed by atoms with Gasteiger partial charge in [-0.1, -0.05) is 5.16 Å². The van der Waals surface area contributed by atoms with Crippen LogP contribution in [0.15, 0.2) is 32.0 Å². The van der Waals surface area contributed by atoms with Crippen LogP contribution in [0.25, 0.3) is 0 Å². The minimum Gasteiger partial charge on any atom is -0.477 e. The summed E-state index contributed by atoms with van der Waals surface area (Å²) in [7, 11) is 0. The Kier molecular flexibility index (Phi) is 8.56. The number of carboxylic acid groups (broad SMARTS) is 1. The smallest absolute Gasteiger partial charge is 0.353 e. The number of oxime groups is 1. The van der Waals surface area contributed by atoms with Crippen LogP contribution in [0.5, 0.6) is 0 Å². The van der Waals surface area contributed by atoms with Crippen LogP contribution in [-0.4, -0.2) is 86.0 Å². The first-order chi connectivity index (χ1) is 17.8. The molecule has 3 rings (SSSR count). The number of guanidine groups is 1. The number of nitrogens with zero attached hydrogens (tertiary/aromatic N) is 5. The third-order valence-electron chi connectivity index (χ3n) is 4.61. The van der Waals surface area contributed by atoms with Crippen molar-refractivity contribution in [3.8, 4) is 0 Å². The third kappa shape index (κ3) is 6.76. The highest BCUT2D eigenvalue weighted by molar-refractivity contribution is 8.00. The lowest BCUT2D eigenvalue weighted by Crippen LogP contribution is -2.71. The lowest BCUT2D eigenvalue weighted by Gasteiger charge is -2.49. The number of aliphatic carboxylic acids is 1. The van der Waals surface area contributed by atoms with Crippen LogP contribution in [-0.2, 0) is 28.8 Å². The number of nitrogens with two attached hydrogens (primary N) is 3. The Morgan fingerprint density at radius 1 is 1.34 bits per heavy atom. The molecule has 1 aromatic rings. The standard InChI is InChI=1S/C20H25N9O7S2/c1-20(2,3)36-10(30)5-35-28-11(9-7-38-19(23)25-9)14(31)26-12-15(32)29-13(17(33)34)8(6-37-16(12)29)4-24-27-18(21)22/h4,7,12,16H,5-6H2,1-3H3,(H2,23,25)(H,26,31)(H,33,34)(H4,21,22,27)/b24-4?,28-11-/t12?,16-/m1/s1. The van der Waals surface area contributed by atoms with Gasteiger partial charge in [0, 0.05) is 16.7 Å². The number of fused-ring (bicyclic) bond motifs is 1. The van der Waals surface area contributed by atoms with Crippen molar-refractivity contribution in [2.75, 3.05) is 18.1 Å². The van der Waals surface area contributed by atoms with Crippen LogP contribution in [0.2, 0.25) is 0 Å². The number of carbonyl (C=O) groups is 4. The number of nitrogens with one attached hydrogen (secondary N) is 1. The van der Waals surface area contributed by atoms with Gasteiger partial charge >= 0.3 is 11.9 Å². The van der Waals surface area contributed by atoms with E-state index in [0.29, 0.717) is 0 Å². The Labute approximate surface area is 224 Å². The molecule has 18 heteroatoms. The molecule has 1 fully saturated rings. The Morgan fingerprint density at radius 3 is 2.63 bits per heavy atom. The minimum atomic E-state index is -1.37. The third-order valence-corrected chi connectivity index (χ3v) is 6.59. The number of hydrogen-bond acceptors (Lipinski definition) is 13. The second kappa shape index (κ2) is 11.5. The van der Waals surface area contributed by atoms with Crippen molar-refractivity contribution >= 4 is 69.9 Å². The molecule has 2 amide bonds. The van der Waals surface area contributed by atoms with Gasteiger partial charge in [-0.25, -0.2) is 14.6 Å². The molecule has 1 saturated heterocycles. The number of amides is 2. The van der Waals surface area contributed by atoms with Crippen molar-refractivity contribution in [1.82, 2.24) is 15.2 Å². The summed E-state index contributed by atoms with van der Waals surface area (Å²) in [6.07, 6.45) is 1.14. The topological polar surface area (TPSA) is 250 Å². The number of β-lactam (4-membered cyclic amide) rings is 1. The molecule has 0 saturated carbocycles. The quantitative estimate of drug-likeness (QED) is 0.0774. The van der Waals surface area contributed by atoms with Crippen molar-refractivity contribution in [1.29, 1.82) is 0 Å². The first kappa shape index (κ1) is 28.4. The Hall–Kier alpha value is -4.19. The van der Waals surface area contributed by atoms with Crippen molar-refractivity contribution < 1.29 is 33.9 Å². The highest BCUT2D eigenvalue weighted by Crippen LogP contribution is 2.40. The summed E-state index contributed by atoms with van der Waals surface area (Å²) in [4.78, 5) is 59.8. The number of thiazole rings is 1. The molecule has 2 atom stereocenters. The first-order valence-electron chi connectivity index (χ1n) is 10.8.